The number of quaternary nitrogens is 1. The summed E-state index contributed by atoms with van der Waals surface area (Å²) in [5, 5.41) is 8.39. The molecule has 0 unspecified atom stereocenters. The second-order valence-corrected chi connectivity index (χ2v) is 2.74. The highest BCUT2D eigenvalue weighted by Gasteiger charge is 2.02. The molecule has 0 spiro atoms. The van der Waals surface area contributed by atoms with Crippen LogP contribution in [0.2, 0.25) is 0 Å². The van der Waals surface area contributed by atoms with E-state index in [1.807, 2.05) is 0 Å². The minimum absolute atomic E-state index is 0. The first-order valence-electron chi connectivity index (χ1n) is 2.47. The Kier molecular flexibility index (Phi) is 35.7. The average Bonchev–Trinajstić information content (AvgIpc) is 1.30. The van der Waals surface area contributed by atoms with E-state index in [0.29, 0.717) is 0 Å². The molecule has 0 aliphatic heterocycles. The van der Waals surface area contributed by atoms with Gasteiger partial charge in [0.25, 0.3) is 0 Å². The largest absolute Gasteiger partial charge is 1.00 e. The van der Waals surface area contributed by atoms with Gasteiger partial charge in [0.1, 0.15) is 6.54 Å². The van der Waals surface area contributed by atoms with E-state index in [1.165, 1.54) is 0 Å². The number of halogens is 2. The van der Waals surface area contributed by atoms with E-state index in [9.17, 15) is 0 Å². The van der Waals surface area contributed by atoms with Crippen molar-refractivity contribution in [2.75, 3.05) is 34.3 Å². The maximum atomic E-state index is 8.39. The van der Waals surface area contributed by atoms with Crippen molar-refractivity contribution in [1.29, 1.82) is 0 Å². The van der Waals surface area contributed by atoms with Gasteiger partial charge in [-0.05, 0) is 0 Å². The van der Waals surface area contributed by atoms with E-state index in [1.54, 1.807) is 0 Å². The highest BCUT2D eigenvalue weighted by molar-refractivity contribution is 5.85. The van der Waals surface area contributed by atoms with Crippen LogP contribution in [0.25, 0.3) is 0 Å². The first-order chi connectivity index (χ1) is 3.06. The van der Waals surface area contributed by atoms with Crippen LogP contribution in [0.5, 0.6) is 0 Å². The summed E-state index contributed by atoms with van der Waals surface area (Å²) in [6.07, 6.45) is 0. The number of likely N-dealkylation sites (N-methyl/N-ethyl adjacent to an activating group) is 1. The number of aliphatic hydroxyl groups is 1. The topological polar surface area (TPSA) is 83.2 Å². The Bertz CT molecular complexity index is 58.2. The Morgan fingerprint density at radius 2 is 1.36 bits per heavy atom. The predicted octanol–water partition coefficient (Wildman–Crippen LogP) is -4.54. The zero-order valence-electron chi connectivity index (χ0n) is 7.09. The van der Waals surface area contributed by atoms with E-state index in [4.69, 9.17) is 5.11 Å². The fourth-order valence-corrected chi connectivity index (χ4v) is 0.300. The first-order valence-corrected chi connectivity index (χ1v) is 2.47. The van der Waals surface area contributed by atoms with Crippen LogP contribution in [0.3, 0.4) is 0 Å². The third-order valence-electron chi connectivity index (χ3n) is 0.771. The summed E-state index contributed by atoms with van der Waals surface area (Å²) in [5.74, 6) is 0. The van der Waals surface area contributed by atoms with Crippen LogP contribution < -0.4 is 12.4 Å². The molecular weight excluding hydrogens is 193 g/mol. The standard InChI is InChI=1S/C5H14NO.2ClH.2H2O/c1-6(2,3)4-5-7;;;;/h7H,4-5H2,1-3H3;2*1H;2*1H2/q+1;;;;/p-1. The summed E-state index contributed by atoms with van der Waals surface area (Å²) in [7, 11) is 6.16. The quantitative estimate of drug-likeness (QED) is 0.459. The molecule has 6 heteroatoms. The van der Waals surface area contributed by atoms with Crippen LogP contribution in [0.4, 0.5) is 0 Å². The number of rotatable bonds is 2. The van der Waals surface area contributed by atoms with Gasteiger partial charge in [0, 0.05) is 0 Å². The van der Waals surface area contributed by atoms with Gasteiger partial charge in [-0.15, -0.1) is 12.4 Å². The number of aliphatic hydroxyl groups excluding tert-OH is 1. The number of hydrogen-bond donors (Lipinski definition) is 1. The van der Waals surface area contributed by atoms with Gasteiger partial charge >= 0.3 is 0 Å². The molecular formula is C5H19Cl2NO3. The van der Waals surface area contributed by atoms with Gasteiger partial charge in [-0.25, -0.2) is 0 Å². The van der Waals surface area contributed by atoms with Gasteiger partial charge in [0.2, 0.25) is 0 Å². The minimum Gasteiger partial charge on any atom is -1.00 e. The van der Waals surface area contributed by atoms with Crippen LogP contribution in [-0.2, 0) is 0 Å². The lowest BCUT2D eigenvalue weighted by atomic mass is 10.5. The Morgan fingerprint density at radius 1 is 1.09 bits per heavy atom. The smallest absolute Gasteiger partial charge is 0.101 e. The lowest BCUT2D eigenvalue weighted by Crippen LogP contribution is -3.00. The second-order valence-electron chi connectivity index (χ2n) is 2.74. The summed E-state index contributed by atoms with van der Waals surface area (Å²) in [4.78, 5) is 0. The number of hydrogen-bond acceptors (Lipinski definition) is 1. The highest BCUT2D eigenvalue weighted by atomic mass is 35.5. The third-order valence-corrected chi connectivity index (χ3v) is 0.771. The van der Waals surface area contributed by atoms with Crippen molar-refractivity contribution < 1.29 is 32.9 Å². The molecule has 76 valence electrons. The number of nitrogens with zero attached hydrogens (tertiary/aromatic N) is 1. The van der Waals surface area contributed by atoms with Crippen LogP contribution in [0.15, 0.2) is 0 Å². The molecule has 0 aliphatic carbocycles. The summed E-state index contributed by atoms with van der Waals surface area (Å²) in [5.41, 5.74) is 0. The molecule has 0 aromatic heterocycles. The Hall–Kier alpha value is 0.420. The monoisotopic (exact) mass is 211 g/mol. The molecule has 0 saturated heterocycles. The molecule has 0 aromatic rings. The minimum atomic E-state index is 0. The van der Waals surface area contributed by atoms with Crippen molar-refractivity contribution >= 4 is 12.4 Å². The molecule has 11 heavy (non-hydrogen) atoms. The molecule has 4 nitrogen and oxygen atoms in total. The molecule has 0 amide bonds. The average molecular weight is 212 g/mol. The van der Waals surface area contributed by atoms with E-state index in [-0.39, 0.29) is 42.4 Å². The summed E-state index contributed by atoms with van der Waals surface area (Å²) in [6, 6.07) is 0. The molecule has 0 rings (SSSR count). The zero-order valence-corrected chi connectivity index (χ0v) is 8.67. The van der Waals surface area contributed by atoms with Crippen molar-refractivity contribution in [2.24, 2.45) is 0 Å². The van der Waals surface area contributed by atoms with E-state index < -0.39 is 0 Å². The highest BCUT2D eigenvalue weighted by Crippen LogP contribution is 1.84. The van der Waals surface area contributed by atoms with E-state index in [2.05, 4.69) is 21.1 Å². The third kappa shape index (κ3) is 37.8. The van der Waals surface area contributed by atoms with Crippen molar-refractivity contribution in [1.82, 2.24) is 0 Å². The fraction of sp³-hybridized carbons (Fsp3) is 1.00. The second kappa shape index (κ2) is 13.0. The fourth-order valence-electron chi connectivity index (χ4n) is 0.300. The van der Waals surface area contributed by atoms with E-state index >= 15 is 0 Å². The van der Waals surface area contributed by atoms with Crippen molar-refractivity contribution in [3.63, 3.8) is 0 Å². The lowest BCUT2D eigenvalue weighted by molar-refractivity contribution is -0.870. The Balaban J connectivity index is -0.0000000300. The van der Waals surface area contributed by atoms with E-state index in [0.717, 1.165) is 11.0 Å². The summed E-state index contributed by atoms with van der Waals surface area (Å²) in [6.45, 7) is 1.11. The molecule has 0 heterocycles. The predicted molar refractivity (Wildman–Crippen MR) is 44.5 cm³/mol. The van der Waals surface area contributed by atoms with Gasteiger partial charge in [0.15, 0.2) is 0 Å². The normalized spacial score (nSPS) is 7.64. The van der Waals surface area contributed by atoms with Crippen molar-refractivity contribution in [3.8, 4) is 0 Å². The van der Waals surface area contributed by atoms with Crippen molar-refractivity contribution in [3.05, 3.63) is 0 Å². The molecule has 0 atom stereocenters. The maximum absolute atomic E-state index is 8.39. The van der Waals surface area contributed by atoms with Gasteiger partial charge in [-0.2, -0.15) is 0 Å². The molecule has 0 saturated carbocycles. The van der Waals surface area contributed by atoms with Crippen LogP contribution >= 0.6 is 12.4 Å². The lowest BCUT2D eigenvalue weighted by Gasteiger charge is -2.21. The van der Waals surface area contributed by atoms with Crippen LogP contribution in [0.1, 0.15) is 0 Å². The summed E-state index contributed by atoms with van der Waals surface area (Å²) < 4.78 is 0.844. The van der Waals surface area contributed by atoms with Gasteiger partial charge in [-0.1, -0.05) is 0 Å². The Labute approximate surface area is 80.2 Å². The molecule has 0 aromatic carbocycles. The SMILES string of the molecule is C[N+](C)(C)CCO.Cl.O.O.[Cl-]. The molecule has 0 aliphatic rings. The van der Waals surface area contributed by atoms with Crippen LogP contribution in [-0.4, -0.2) is 54.8 Å². The first kappa shape index (κ1) is 30.1. The molecule has 0 fully saturated rings. The maximum Gasteiger partial charge on any atom is 0.101 e. The van der Waals surface area contributed by atoms with Gasteiger partial charge in [0.05, 0.1) is 27.7 Å². The van der Waals surface area contributed by atoms with Gasteiger partial charge < -0.3 is 32.9 Å². The molecule has 5 N–H and O–H groups in total. The molecule has 0 bridgehead atoms. The Morgan fingerprint density at radius 3 is 1.36 bits per heavy atom. The van der Waals surface area contributed by atoms with Crippen LogP contribution in [0, 0.1) is 0 Å². The van der Waals surface area contributed by atoms with Crippen molar-refractivity contribution in [2.45, 2.75) is 0 Å². The van der Waals surface area contributed by atoms with Gasteiger partial charge in [-0.3, -0.25) is 0 Å². The summed E-state index contributed by atoms with van der Waals surface area (Å²) >= 11 is 0. The molecule has 0 radical (unpaired) electrons. The zero-order chi connectivity index (χ0) is 5.91.